The van der Waals surface area contributed by atoms with Crippen molar-refractivity contribution < 1.29 is 5.11 Å². The van der Waals surface area contributed by atoms with Gasteiger partial charge < -0.3 is 10.4 Å². The van der Waals surface area contributed by atoms with Crippen molar-refractivity contribution in [2.75, 3.05) is 13.6 Å². The first kappa shape index (κ1) is 10.4. The van der Waals surface area contributed by atoms with Crippen LogP contribution in [-0.4, -0.2) is 23.7 Å². The lowest BCUT2D eigenvalue weighted by molar-refractivity contribution is 0.177. The molecular formula is C9H13ClN2O. The third-order valence-corrected chi connectivity index (χ3v) is 2.17. The third kappa shape index (κ3) is 2.40. The van der Waals surface area contributed by atoms with E-state index in [9.17, 15) is 5.11 Å². The highest BCUT2D eigenvalue weighted by Gasteiger charge is 2.13. The average Bonchev–Trinajstić information content (AvgIpc) is 2.04. The molecule has 1 rings (SSSR count). The average molecular weight is 201 g/mol. The molecule has 0 aromatic carbocycles. The number of aromatic nitrogens is 1. The molecule has 4 heteroatoms. The van der Waals surface area contributed by atoms with E-state index < -0.39 is 6.10 Å². The Morgan fingerprint density at radius 2 is 2.31 bits per heavy atom. The number of likely N-dealkylation sites (N-methyl/N-ethyl adjacent to an activating group) is 1. The van der Waals surface area contributed by atoms with Crippen LogP contribution in [0.5, 0.6) is 0 Å². The van der Waals surface area contributed by atoms with Crippen molar-refractivity contribution in [3.63, 3.8) is 0 Å². The van der Waals surface area contributed by atoms with Crippen LogP contribution in [0.1, 0.15) is 17.2 Å². The van der Waals surface area contributed by atoms with Gasteiger partial charge in [0.1, 0.15) is 0 Å². The SMILES string of the molecule is CNCC(O)c1c(C)cncc1Cl. The Balaban J connectivity index is 2.98. The summed E-state index contributed by atoms with van der Waals surface area (Å²) in [6.07, 6.45) is 2.67. The van der Waals surface area contributed by atoms with Gasteiger partial charge in [-0.15, -0.1) is 0 Å². The van der Waals surface area contributed by atoms with E-state index in [1.807, 2.05) is 6.92 Å². The van der Waals surface area contributed by atoms with Gasteiger partial charge in [0.15, 0.2) is 0 Å². The highest BCUT2D eigenvalue weighted by Crippen LogP contribution is 2.24. The molecule has 72 valence electrons. The molecule has 0 fully saturated rings. The van der Waals surface area contributed by atoms with E-state index in [0.717, 1.165) is 11.1 Å². The predicted molar refractivity (Wildman–Crippen MR) is 52.9 cm³/mol. The molecule has 0 spiro atoms. The summed E-state index contributed by atoms with van der Waals surface area (Å²) in [5.74, 6) is 0. The first-order valence-corrected chi connectivity index (χ1v) is 4.47. The number of nitrogens with zero attached hydrogens (tertiary/aromatic N) is 1. The van der Waals surface area contributed by atoms with Crippen molar-refractivity contribution in [1.82, 2.24) is 10.3 Å². The van der Waals surface area contributed by atoms with Gasteiger partial charge in [0.05, 0.1) is 11.1 Å². The Hall–Kier alpha value is -0.640. The number of aliphatic hydroxyl groups is 1. The molecule has 0 aliphatic carbocycles. The molecule has 0 saturated heterocycles. The molecule has 1 aromatic heterocycles. The first-order valence-electron chi connectivity index (χ1n) is 4.09. The minimum atomic E-state index is -0.569. The fourth-order valence-electron chi connectivity index (χ4n) is 1.26. The number of halogens is 1. The van der Waals surface area contributed by atoms with Crippen molar-refractivity contribution in [1.29, 1.82) is 0 Å². The van der Waals surface area contributed by atoms with Gasteiger partial charge in [0.25, 0.3) is 0 Å². The summed E-state index contributed by atoms with van der Waals surface area (Å²) in [5, 5.41) is 13.1. The van der Waals surface area contributed by atoms with Crippen molar-refractivity contribution >= 4 is 11.6 Å². The molecule has 1 heterocycles. The van der Waals surface area contributed by atoms with Gasteiger partial charge in [0.2, 0.25) is 0 Å². The van der Waals surface area contributed by atoms with E-state index in [1.54, 1.807) is 19.4 Å². The number of aryl methyl sites for hydroxylation is 1. The maximum atomic E-state index is 9.71. The Kier molecular flexibility index (Phi) is 3.66. The second-order valence-corrected chi connectivity index (χ2v) is 3.33. The van der Waals surface area contributed by atoms with Crippen LogP contribution in [0.4, 0.5) is 0 Å². The molecule has 1 unspecified atom stereocenters. The van der Waals surface area contributed by atoms with Crippen LogP contribution in [-0.2, 0) is 0 Å². The lowest BCUT2D eigenvalue weighted by Crippen LogP contribution is -2.17. The van der Waals surface area contributed by atoms with Gasteiger partial charge >= 0.3 is 0 Å². The number of nitrogens with one attached hydrogen (secondary N) is 1. The van der Waals surface area contributed by atoms with Crippen molar-refractivity contribution in [2.24, 2.45) is 0 Å². The van der Waals surface area contributed by atoms with Crippen molar-refractivity contribution in [2.45, 2.75) is 13.0 Å². The Bertz CT molecular complexity index is 271. The quantitative estimate of drug-likeness (QED) is 0.773. The number of pyridine rings is 1. The first-order chi connectivity index (χ1) is 6.16. The van der Waals surface area contributed by atoms with Gasteiger partial charge in [-0.2, -0.15) is 0 Å². The van der Waals surface area contributed by atoms with E-state index in [2.05, 4.69) is 10.3 Å². The molecule has 0 aliphatic rings. The third-order valence-electron chi connectivity index (χ3n) is 1.87. The minimum Gasteiger partial charge on any atom is -0.387 e. The van der Waals surface area contributed by atoms with E-state index in [-0.39, 0.29) is 0 Å². The molecule has 0 saturated carbocycles. The zero-order valence-corrected chi connectivity index (χ0v) is 8.47. The number of aliphatic hydroxyl groups excluding tert-OH is 1. The molecule has 0 amide bonds. The Labute approximate surface area is 82.8 Å². The molecule has 0 bridgehead atoms. The maximum Gasteiger partial charge on any atom is 0.0932 e. The van der Waals surface area contributed by atoms with Crippen LogP contribution in [0, 0.1) is 6.92 Å². The predicted octanol–water partition coefficient (Wildman–Crippen LogP) is 1.30. The number of hydrogen-bond donors (Lipinski definition) is 2. The van der Waals surface area contributed by atoms with E-state index >= 15 is 0 Å². The highest BCUT2D eigenvalue weighted by atomic mass is 35.5. The zero-order chi connectivity index (χ0) is 9.84. The smallest absolute Gasteiger partial charge is 0.0932 e. The second kappa shape index (κ2) is 4.56. The van der Waals surface area contributed by atoms with Crippen LogP contribution in [0.25, 0.3) is 0 Å². The van der Waals surface area contributed by atoms with Gasteiger partial charge in [0, 0.05) is 24.5 Å². The van der Waals surface area contributed by atoms with Crippen molar-refractivity contribution in [3.8, 4) is 0 Å². The molecule has 2 N–H and O–H groups in total. The summed E-state index contributed by atoms with van der Waals surface area (Å²) in [4.78, 5) is 3.92. The van der Waals surface area contributed by atoms with Crippen LogP contribution in [0.15, 0.2) is 12.4 Å². The summed E-state index contributed by atoms with van der Waals surface area (Å²) in [6.45, 7) is 2.37. The van der Waals surface area contributed by atoms with Crippen molar-refractivity contribution in [3.05, 3.63) is 28.5 Å². The lowest BCUT2D eigenvalue weighted by atomic mass is 10.1. The van der Waals surface area contributed by atoms with Gasteiger partial charge in [-0.25, -0.2) is 0 Å². The number of hydrogen-bond acceptors (Lipinski definition) is 3. The normalized spacial score (nSPS) is 12.9. The standard InChI is InChI=1S/C9H13ClN2O/c1-6-3-12-4-7(10)9(6)8(13)5-11-2/h3-4,8,11,13H,5H2,1-2H3. The topological polar surface area (TPSA) is 45.1 Å². The van der Waals surface area contributed by atoms with Crippen LogP contribution < -0.4 is 5.32 Å². The largest absolute Gasteiger partial charge is 0.387 e. The second-order valence-electron chi connectivity index (χ2n) is 2.93. The molecular weight excluding hydrogens is 188 g/mol. The maximum absolute atomic E-state index is 9.71. The molecule has 0 aliphatic heterocycles. The van der Waals surface area contributed by atoms with Crippen LogP contribution >= 0.6 is 11.6 Å². The molecule has 3 nitrogen and oxygen atoms in total. The fraction of sp³-hybridized carbons (Fsp3) is 0.444. The Morgan fingerprint density at radius 3 is 2.85 bits per heavy atom. The van der Waals surface area contributed by atoms with E-state index in [0.29, 0.717) is 11.6 Å². The zero-order valence-electron chi connectivity index (χ0n) is 7.71. The monoisotopic (exact) mass is 200 g/mol. The minimum absolute atomic E-state index is 0.491. The van der Waals surface area contributed by atoms with Gasteiger partial charge in [-0.05, 0) is 19.5 Å². The summed E-state index contributed by atoms with van der Waals surface area (Å²) in [5.41, 5.74) is 1.67. The Morgan fingerprint density at radius 1 is 1.62 bits per heavy atom. The molecule has 0 radical (unpaired) electrons. The van der Waals surface area contributed by atoms with Gasteiger partial charge in [-0.1, -0.05) is 11.6 Å². The van der Waals surface area contributed by atoms with Crippen LogP contribution in [0.3, 0.4) is 0 Å². The van der Waals surface area contributed by atoms with Crippen LogP contribution in [0.2, 0.25) is 5.02 Å². The number of rotatable bonds is 3. The summed E-state index contributed by atoms with van der Waals surface area (Å²) in [7, 11) is 1.79. The molecule has 13 heavy (non-hydrogen) atoms. The summed E-state index contributed by atoms with van der Waals surface area (Å²) < 4.78 is 0. The highest BCUT2D eigenvalue weighted by molar-refractivity contribution is 6.31. The molecule has 1 aromatic rings. The summed E-state index contributed by atoms with van der Waals surface area (Å²) >= 11 is 5.91. The lowest BCUT2D eigenvalue weighted by Gasteiger charge is -2.14. The fourth-order valence-corrected chi connectivity index (χ4v) is 1.59. The van der Waals surface area contributed by atoms with E-state index in [4.69, 9.17) is 11.6 Å². The van der Waals surface area contributed by atoms with Gasteiger partial charge in [-0.3, -0.25) is 4.98 Å². The molecule has 1 atom stereocenters. The van der Waals surface area contributed by atoms with E-state index in [1.165, 1.54) is 0 Å². The summed E-state index contributed by atoms with van der Waals surface area (Å²) in [6, 6.07) is 0.